The molecule has 0 unspecified atom stereocenters. The lowest BCUT2D eigenvalue weighted by atomic mass is 9.87. The van der Waals surface area contributed by atoms with Crippen molar-refractivity contribution in [3.05, 3.63) is 48.0 Å². The number of nitrogens with zero attached hydrogens (tertiary/aromatic N) is 4. The average molecular weight is 374 g/mol. The van der Waals surface area contributed by atoms with E-state index in [1.54, 1.807) is 0 Å². The molecule has 0 bridgehead atoms. The molecule has 0 saturated carbocycles. The quantitative estimate of drug-likeness (QED) is 0.829. The summed E-state index contributed by atoms with van der Waals surface area (Å²) in [6.07, 6.45) is 2.16. The Bertz CT molecular complexity index is 697. The van der Waals surface area contributed by atoms with E-state index in [9.17, 15) is 0 Å². The highest BCUT2D eigenvalue weighted by molar-refractivity contribution is 5.32. The highest BCUT2D eigenvalue weighted by Gasteiger charge is 2.35. The van der Waals surface area contributed by atoms with Crippen LogP contribution in [0.25, 0.3) is 0 Å². The van der Waals surface area contributed by atoms with Crippen LogP contribution >= 0.6 is 0 Å². The lowest BCUT2D eigenvalue weighted by molar-refractivity contribution is -0.129. The molecule has 3 rings (SSSR count). The van der Waals surface area contributed by atoms with Gasteiger partial charge in [-0.05, 0) is 17.9 Å². The molecule has 1 aromatic carbocycles. The van der Waals surface area contributed by atoms with E-state index < -0.39 is 0 Å². The van der Waals surface area contributed by atoms with Gasteiger partial charge in [-0.3, -0.25) is 9.69 Å². The zero-order valence-corrected chi connectivity index (χ0v) is 16.6. The van der Waals surface area contributed by atoms with Crippen LogP contribution in [0.15, 0.2) is 36.7 Å². The molecule has 0 spiro atoms. The number of benzene rings is 1. The van der Waals surface area contributed by atoms with Gasteiger partial charge in [0.15, 0.2) is 0 Å². The van der Waals surface area contributed by atoms with E-state index in [1.807, 2.05) is 13.3 Å². The second kappa shape index (κ2) is 9.62. The molecule has 0 radical (unpaired) electrons. The van der Waals surface area contributed by atoms with Gasteiger partial charge in [0, 0.05) is 26.2 Å². The Labute approximate surface area is 161 Å². The number of carbonyl (C=O) groups is 1. The molecule has 2 heterocycles. The summed E-state index contributed by atoms with van der Waals surface area (Å²) >= 11 is 0. The first-order chi connectivity index (χ1) is 12.8. The van der Waals surface area contributed by atoms with E-state index in [0.717, 1.165) is 32.0 Å². The largest absolute Gasteiger partial charge is 0.483 e. The minimum atomic E-state index is -0.250. The van der Waals surface area contributed by atoms with Gasteiger partial charge in [-0.15, -0.1) is 10.2 Å². The smallest absolute Gasteiger partial charge is 0.290 e. The molecular formula is C20H30N4O3. The Morgan fingerprint density at radius 3 is 2.44 bits per heavy atom. The first-order valence-corrected chi connectivity index (χ1v) is 9.20. The van der Waals surface area contributed by atoms with Gasteiger partial charge >= 0.3 is 0 Å². The number of carboxylic acid groups (broad SMARTS) is 1. The topological polar surface area (TPSA) is 80.5 Å². The van der Waals surface area contributed by atoms with Crippen molar-refractivity contribution in [1.29, 1.82) is 0 Å². The van der Waals surface area contributed by atoms with E-state index in [2.05, 4.69) is 70.8 Å². The third kappa shape index (κ3) is 6.15. The van der Waals surface area contributed by atoms with Gasteiger partial charge in [0.25, 0.3) is 6.47 Å². The summed E-state index contributed by atoms with van der Waals surface area (Å²) in [4.78, 5) is 10.9. The predicted molar refractivity (Wildman–Crippen MR) is 103 cm³/mol. The van der Waals surface area contributed by atoms with E-state index >= 15 is 0 Å². The van der Waals surface area contributed by atoms with E-state index in [0.29, 0.717) is 0 Å². The molecule has 1 aliphatic heterocycles. The van der Waals surface area contributed by atoms with Crippen LogP contribution < -0.4 is 0 Å². The number of ether oxygens (including phenoxy) is 1. The van der Waals surface area contributed by atoms with E-state index in [-0.39, 0.29) is 24.1 Å². The average Bonchev–Trinajstić information content (AvgIpc) is 3.05. The highest BCUT2D eigenvalue weighted by atomic mass is 16.5. The maximum atomic E-state index is 8.36. The lowest BCUT2D eigenvalue weighted by Crippen LogP contribution is -2.49. The number of aromatic nitrogens is 3. The summed E-state index contributed by atoms with van der Waals surface area (Å²) in [5.74, 6) is 0.968. The molecule has 2 atom stereocenters. The first-order valence-electron chi connectivity index (χ1n) is 9.20. The molecule has 1 saturated heterocycles. The Hall–Kier alpha value is -2.25. The predicted octanol–water partition coefficient (Wildman–Crippen LogP) is 2.78. The van der Waals surface area contributed by atoms with E-state index in [1.165, 1.54) is 5.56 Å². The number of hydrogen-bond acceptors (Lipinski definition) is 5. The fourth-order valence-corrected chi connectivity index (χ4v) is 3.12. The van der Waals surface area contributed by atoms with Crippen LogP contribution in [0.5, 0.6) is 0 Å². The third-order valence-electron chi connectivity index (χ3n) is 4.78. The fraction of sp³-hybridized carbons (Fsp3) is 0.550. The van der Waals surface area contributed by atoms with Crippen molar-refractivity contribution in [2.24, 2.45) is 5.41 Å². The molecule has 1 N–H and O–H groups in total. The van der Waals surface area contributed by atoms with Gasteiger partial charge in [-0.2, -0.15) is 0 Å². The van der Waals surface area contributed by atoms with Gasteiger partial charge in [0.2, 0.25) is 0 Å². The van der Waals surface area contributed by atoms with Crippen LogP contribution in [0, 0.1) is 12.3 Å². The second-order valence-corrected chi connectivity index (χ2v) is 7.83. The van der Waals surface area contributed by atoms with Crippen LogP contribution in [0.2, 0.25) is 0 Å². The molecule has 7 heteroatoms. The minimum Gasteiger partial charge on any atom is -0.483 e. The van der Waals surface area contributed by atoms with Crippen LogP contribution in [0.3, 0.4) is 0 Å². The standard InChI is InChI=1S/C19H28N4O.CH2O2/c1-15-21-20-14-23(15)11-10-22-12-17(16-8-6-5-7-9-16)24-18(13-22)19(2,3)4;2-1-3/h5-9,14,17-18H,10-13H2,1-4H3;1H,(H,2,3)/t17-,18+;/m0./s1. The highest BCUT2D eigenvalue weighted by Crippen LogP contribution is 2.33. The molecule has 2 aromatic rings. The van der Waals surface area contributed by atoms with Gasteiger partial charge in [-0.25, -0.2) is 0 Å². The molecule has 148 valence electrons. The normalized spacial score (nSPS) is 20.6. The second-order valence-electron chi connectivity index (χ2n) is 7.83. The van der Waals surface area contributed by atoms with Crippen molar-refractivity contribution in [2.75, 3.05) is 19.6 Å². The number of morpholine rings is 1. The summed E-state index contributed by atoms with van der Waals surface area (Å²) < 4.78 is 8.56. The Morgan fingerprint density at radius 2 is 1.89 bits per heavy atom. The molecule has 7 nitrogen and oxygen atoms in total. The van der Waals surface area contributed by atoms with Crippen LogP contribution in [-0.4, -0.2) is 57.0 Å². The zero-order chi connectivity index (χ0) is 19.9. The van der Waals surface area contributed by atoms with Crippen LogP contribution in [-0.2, 0) is 16.1 Å². The van der Waals surface area contributed by atoms with Crippen molar-refractivity contribution in [2.45, 2.75) is 46.4 Å². The SMILES string of the molecule is Cc1nncn1CCN1C[C@@H](c2ccccc2)O[C@@H](C(C)(C)C)C1.O=CO. The first kappa shape index (κ1) is 21.1. The van der Waals surface area contributed by atoms with Crippen molar-refractivity contribution in [1.82, 2.24) is 19.7 Å². The van der Waals surface area contributed by atoms with Gasteiger partial charge in [0.1, 0.15) is 12.2 Å². The van der Waals surface area contributed by atoms with E-state index in [4.69, 9.17) is 14.6 Å². The summed E-state index contributed by atoms with van der Waals surface area (Å²) in [7, 11) is 0. The summed E-state index contributed by atoms with van der Waals surface area (Å²) in [6.45, 7) is 12.3. The van der Waals surface area contributed by atoms with Crippen LogP contribution in [0.1, 0.15) is 38.3 Å². The molecular weight excluding hydrogens is 344 g/mol. The maximum absolute atomic E-state index is 8.36. The molecule has 1 aromatic heterocycles. The Kier molecular flexibility index (Phi) is 7.50. The molecule has 1 aliphatic rings. The molecule has 1 fully saturated rings. The van der Waals surface area contributed by atoms with Crippen molar-refractivity contribution < 1.29 is 14.6 Å². The third-order valence-corrected chi connectivity index (χ3v) is 4.78. The molecule has 0 amide bonds. The molecule has 27 heavy (non-hydrogen) atoms. The number of aryl methyl sites for hydroxylation is 1. The zero-order valence-electron chi connectivity index (χ0n) is 16.6. The maximum Gasteiger partial charge on any atom is 0.290 e. The Balaban J connectivity index is 0.000000817. The Morgan fingerprint density at radius 1 is 1.22 bits per heavy atom. The van der Waals surface area contributed by atoms with Crippen molar-refractivity contribution in [3.8, 4) is 0 Å². The van der Waals surface area contributed by atoms with Crippen LogP contribution in [0.4, 0.5) is 0 Å². The van der Waals surface area contributed by atoms with Crippen molar-refractivity contribution in [3.63, 3.8) is 0 Å². The number of rotatable bonds is 4. The fourth-order valence-electron chi connectivity index (χ4n) is 3.12. The lowest BCUT2D eigenvalue weighted by Gasteiger charge is -2.43. The minimum absolute atomic E-state index is 0.123. The summed E-state index contributed by atoms with van der Waals surface area (Å²) in [5, 5.41) is 14.9. The summed E-state index contributed by atoms with van der Waals surface area (Å²) in [5.41, 5.74) is 1.38. The number of hydrogen-bond donors (Lipinski definition) is 1. The monoisotopic (exact) mass is 374 g/mol. The van der Waals surface area contributed by atoms with Crippen molar-refractivity contribution >= 4 is 6.47 Å². The van der Waals surface area contributed by atoms with Gasteiger partial charge < -0.3 is 14.4 Å². The molecule has 0 aliphatic carbocycles. The van der Waals surface area contributed by atoms with Gasteiger partial charge in [0.05, 0.1) is 12.2 Å². The summed E-state index contributed by atoms with van der Waals surface area (Å²) in [6, 6.07) is 10.6. The van der Waals surface area contributed by atoms with Gasteiger partial charge in [-0.1, -0.05) is 51.1 Å².